The summed E-state index contributed by atoms with van der Waals surface area (Å²) in [4.78, 5) is 11.1. The first-order valence-corrected chi connectivity index (χ1v) is 7.71. The molecule has 1 N–H and O–H groups in total. The standard InChI is InChI=1S/C15H27N3O2/c1-4-5-6-7-8-9-10-18-13(11-12(2)3)14(15(19)20)16-17-18/h12H,4-11H2,1-3H3,(H,19,20). The molecule has 5 heteroatoms. The van der Waals surface area contributed by atoms with Crippen molar-refractivity contribution in [2.24, 2.45) is 5.92 Å². The van der Waals surface area contributed by atoms with Crippen molar-refractivity contribution >= 4 is 5.97 Å². The number of unbranched alkanes of at least 4 members (excludes halogenated alkanes) is 5. The number of carboxylic acid groups (broad SMARTS) is 1. The molecule has 0 saturated carbocycles. The second kappa shape index (κ2) is 8.72. The van der Waals surface area contributed by atoms with Crippen molar-refractivity contribution in [3.63, 3.8) is 0 Å². The van der Waals surface area contributed by atoms with Crippen molar-refractivity contribution in [1.29, 1.82) is 0 Å². The largest absolute Gasteiger partial charge is 0.476 e. The highest BCUT2D eigenvalue weighted by atomic mass is 16.4. The normalized spacial score (nSPS) is 11.2. The van der Waals surface area contributed by atoms with Gasteiger partial charge in [-0.1, -0.05) is 58.1 Å². The number of aromatic carboxylic acids is 1. The van der Waals surface area contributed by atoms with E-state index in [4.69, 9.17) is 5.11 Å². The molecule has 0 bridgehead atoms. The lowest BCUT2D eigenvalue weighted by molar-refractivity contribution is 0.0689. The Hall–Kier alpha value is -1.39. The van der Waals surface area contributed by atoms with Crippen molar-refractivity contribution in [1.82, 2.24) is 15.0 Å². The molecular formula is C15H27N3O2. The maximum absolute atomic E-state index is 11.1. The van der Waals surface area contributed by atoms with E-state index in [2.05, 4.69) is 31.1 Å². The first-order chi connectivity index (χ1) is 9.56. The molecule has 0 saturated heterocycles. The first-order valence-electron chi connectivity index (χ1n) is 7.71. The number of nitrogens with zero attached hydrogens (tertiary/aromatic N) is 3. The average Bonchev–Trinajstić information content (AvgIpc) is 2.76. The molecule has 5 nitrogen and oxygen atoms in total. The van der Waals surface area contributed by atoms with Gasteiger partial charge in [-0.05, 0) is 18.8 Å². The predicted molar refractivity (Wildman–Crippen MR) is 78.9 cm³/mol. The van der Waals surface area contributed by atoms with Crippen molar-refractivity contribution < 1.29 is 9.90 Å². The van der Waals surface area contributed by atoms with Gasteiger partial charge in [-0.3, -0.25) is 0 Å². The number of carbonyl (C=O) groups is 1. The molecule has 1 aromatic heterocycles. The molecule has 0 aromatic carbocycles. The highest BCUT2D eigenvalue weighted by molar-refractivity contribution is 5.86. The maximum atomic E-state index is 11.1. The van der Waals surface area contributed by atoms with Gasteiger partial charge < -0.3 is 5.11 Å². The summed E-state index contributed by atoms with van der Waals surface area (Å²) in [7, 11) is 0. The molecule has 0 spiro atoms. The van der Waals surface area contributed by atoms with Crippen LogP contribution >= 0.6 is 0 Å². The molecule has 0 atom stereocenters. The third kappa shape index (κ3) is 5.31. The number of carboxylic acids is 1. The van der Waals surface area contributed by atoms with Crippen LogP contribution in [0.4, 0.5) is 0 Å². The van der Waals surface area contributed by atoms with Gasteiger partial charge in [-0.15, -0.1) is 5.10 Å². The fourth-order valence-corrected chi connectivity index (χ4v) is 2.31. The highest BCUT2D eigenvalue weighted by Gasteiger charge is 2.19. The Bertz CT molecular complexity index is 413. The minimum atomic E-state index is -0.977. The van der Waals surface area contributed by atoms with Crippen LogP contribution in [-0.2, 0) is 13.0 Å². The zero-order valence-corrected chi connectivity index (χ0v) is 12.9. The zero-order chi connectivity index (χ0) is 15.0. The number of aryl methyl sites for hydroxylation is 1. The van der Waals surface area contributed by atoms with Crippen molar-refractivity contribution in [2.75, 3.05) is 0 Å². The molecule has 1 aromatic rings. The number of hydrogen-bond donors (Lipinski definition) is 1. The second-order valence-electron chi connectivity index (χ2n) is 5.78. The fraction of sp³-hybridized carbons (Fsp3) is 0.800. The molecule has 0 aliphatic carbocycles. The minimum absolute atomic E-state index is 0.115. The molecular weight excluding hydrogens is 254 g/mol. The SMILES string of the molecule is CCCCCCCCn1nnc(C(=O)O)c1CC(C)C. The molecule has 0 amide bonds. The Morgan fingerprint density at radius 1 is 1.20 bits per heavy atom. The topological polar surface area (TPSA) is 68.0 Å². The van der Waals surface area contributed by atoms with Gasteiger partial charge in [0.1, 0.15) is 0 Å². The van der Waals surface area contributed by atoms with Gasteiger partial charge in [0.2, 0.25) is 0 Å². The molecule has 114 valence electrons. The van der Waals surface area contributed by atoms with Crippen LogP contribution in [-0.4, -0.2) is 26.1 Å². The van der Waals surface area contributed by atoms with Crippen LogP contribution in [0.25, 0.3) is 0 Å². The van der Waals surface area contributed by atoms with E-state index < -0.39 is 5.97 Å². The van der Waals surface area contributed by atoms with Crippen LogP contribution in [0.3, 0.4) is 0 Å². The summed E-state index contributed by atoms with van der Waals surface area (Å²) in [5.74, 6) is -0.579. The molecule has 0 aliphatic rings. The summed E-state index contributed by atoms with van der Waals surface area (Å²) in [6.45, 7) is 7.14. The minimum Gasteiger partial charge on any atom is -0.476 e. The molecule has 0 radical (unpaired) electrons. The van der Waals surface area contributed by atoms with Crippen LogP contribution in [0, 0.1) is 5.92 Å². The molecule has 1 rings (SSSR count). The summed E-state index contributed by atoms with van der Waals surface area (Å²) >= 11 is 0. The van der Waals surface area contributed by atoms with Crippen LogP contribution in [0.15, 0.2) is 0 Å². The molecule has 1 heterocycles. The predicted octanol–water partition coefficient (Wildman–Crippen LogP) is 3.54. The van der Waals surface area contributed by atoms with E-state index in [1.165, 1.54) is 32.1 Å². The number of rotatable bonds is 10. The lowest BCUT2D eigenvalue weighted by Gasteiger charge is -2.09. The van der Waals surface area contributed by atoms with Gasteiger partial charge >= 0.3 is 5.97 Å². The summed E-state index contributed by atoms with van der Waals surface area (Å²) in [5, 5.41) is 17.0. The number of aromatic nitrogens is 3. The van der Waals surface area contributed by atoms with E-state index in [1.807, 2.05) is 0 Å². The molecule has 0 aliphatic heterocycles. The fourth-order valence-electron chi connectivity index (χ4n) is 2.31. The van der Waals surface area contributed by atoms with E-state index in [0.29, 0.717) is 12.3 Å². The van der Waals surface area contributed by atoms with Gasteiger partial charge in [0.25, 0.3) is 0 Å². The maximum Gasteiger partial charge on any atom is 0.358 e. The average molecular weight is 281 g/mol. The quantitative estimate of drug-likeness (QED) is 0.666. The Labute approximate surface area is 121 Å². The monoisotopic (exact) mass is 281 g/mol. The number of hydrogen-bond acceptors (Lipinski definition) is 3. The lowest BCUT2D eigenvalue weighted by Crippen LogP contribution is -2.11. The van der Waals surface area contributed by atoms with Gasteiger partial charge in [-0.2, -0.15) is 0 Å². The van der Waals surface area contributed by atoms with Gasteiger partial charge in [0.15, 0.2) is 5.69 Å². The first kappa shape index (κ1) is 16.7. The van der Waals surface area contributed by atoms with Crippen LogP contribution in [0.2, 0.25) is 0 Å². The Kier molecular flexibility index (Phi) is 7.26. The molecule has 0 unspecified atom stereocenters. The van der Waals surface area contributed by atoms with E-state index in [0.717, 1.165) is 18.7 Å². The van der Waals surface area contributed by atoms with Crippen LogP contribution in [0.5, 0.6) is 0 Å². The Balaban J connectivity index is 2.54. The second-order valence-corrected chi connectivity index (χ2v) is 5.78. The third-order valence-corrected chi connectivity index (χ3v) is 3.37. The summed E-state index contributed by atoms with van der Waals surface area (Å²) in [6, 6.07) is 0. The van der Waals surface area contributed by atoms with E-state index >= 15 is 0 Å². The van der Waals surface area contributed by atoms with Crippen molar-refractivity contribution in [2.45, 2.75) is 72.3 Å². The molecule has 20 heavy (non-hydrogen) atoms. The highest BCUT2D eigenvalue weighted by Crippen LogP contribution is 2.14. The van der Waals surface area contributed by atoms with Gasteiger partial charge in [-0.25, -0.2) is 9.48 Å². The van der Waals surface area contributed by atoms with Crippen LogP contribution in [0.1, 0.15) is 75.5 Å². The summed E-state index contributed by atoms with van der Waals surface area (Å²) in [6.07, 6.45) is 8.00. The van der Waals surface area contributed by atoms with Gasteiger partial charge in [0, 0.05) is 6.54 Å². The van der Waals surface area contributed by atoms with Crippen molar-refractivity contribution in [3.8, 4) is 0 Å². The van der Waals surface area contributed by atoms with E-state index in [-0.39, 0.29) is 5.69 Å². The van der Waals surface area contributed by atoms with Crippen molar-refractivity contribution in [3.05, 3.63) is 11.4 Å². The third-order valence-electron chi connectivity index (χ3n) is 3.37. The zero-order valence-electron chi connectivity index (χ0n) is 12.9. The Morgan fingerprint density at radius 2 is 1.85 bits per heavy atom. The summed E-state index contributed by atoms with van der Waals surface area (Å²) in [5.41, 5.74) is 0.880. The van der Waals surface area contributed by atoms with Gasteiger partial charge in [0.05, 0.1) is 5.69 Å². The van der Waals surface area contributed by atoms with Crippen LogP contribution < -0.4 is 0 Å². The van der Waals surface area contributed by atoms with E-state index in [1.54, 1.807) is 4.68 Å². The smallest absolute Gasteiger partial charge is 0.358 e. The lowest BCUT2D eigenvalue weighted by atomic mass is 10.1. The van der Waals surface area contributed by atoms with E-state index in [9.17, 15) is 4.79 Å². The Morgan fingerprint density at radius 3 is 2.45 bits per heavy atom. The molecule has 0 fully saturated rings. The summed E-state index contributed by atoms with van der Waals surface area (Å²) < 4.78 is 1.78.